The first kappa shape index (κ1) is 10.8. The lowest BCUT2D eigenvalue weighted by molar-refractivity contribution is 0.151. The number of rotatable bonds is 3. The topological polar surface area (TPSA) is 32.3 Å². The van der Waals surface area contributed by atoms with Gasteiger partial charge in [-0.05, 0) is 56.1 Å². The molecule has 0 spiro atoms. The van der Waals surface area contributed by atoms with Gasteiger partial charge in [-0.2, -0.15) is 11.8 Å². The molecule has 0 saturated carbocycles. The highest BCUT2D eigenvalue weighted by atomic mass is 32.2. The van der Waals surface area contributed by atoms with Crippen molar-refractivity contribution < 1.29 is 5.11 Å². The van der Waals surface area contributed by atoms with Gasteiger partial charge in [-0.3, -0.25) is 0 Å². The summed E-state index contributed by atoms with van der Waals surface area (Å²) in [6, 6.07) is 0. The van der Waals surface area contributed by atoms with Gasteiger partial charge in [-0.15, -0.1) is 0 Å². The highest BCUT2D eigenvalue weighted by Crippen LogP contribution is 2.33. The Balaban J connectivity index is 1.86. The second-order valence-corrected chi connectivity index (χ2v) is 5.91. The zero-order chi connectivity index (χ0) is 9.86. The molecule has 2 fully saturated rings. The van der Waals surface area contributed by atoms with Crippen molar-refractivity contribution in [2.75, 3.05) is 24.7 Å². The van der Waals surface area contributed by atoms with Crippen LogP contribution in [-0.2, 0) is 0 Å². The summed E-state index contributed by atoms with van der Waals surface area (Å²) in [7, 11) is 0. The molecule has 2 atom stereocenters. The smallest absolute Gasteiger partial charge is 0.0613 e. The molecule has 0 amide bonds. The average molecular weight is 215 g/mol. The maximum Gasteiger partial charge on any atom is 0.0613 e. The van der Waals surface area contributed by atoms with Gasteiger partial charge in [0.1, 0.15) is 0 Å². The highest BCUT2D eigenvalue weighted by Gasteiger charge is 2.35. The number of hydrogen-bond donors (Lipinski definition) is 2. The molecular formula is C11H21NOS. The summed E-state index contributed by atoms with van der Waals surface area (Å²) in [4.78, 5) is 0. The van der Waals surface area contributed by atoms with Crippen LogP contribution in [0.4, 0.5) is 0 Å². The quantitative estimate of drug-likeness (QED) is 0.750. The van der Waals surface area contributed by atoms with Crippen LogP contribution in [-0.4, -0.2) is 35.3 Å². The molecule has 0 aromatic rings. The minimum absolute atomic E-state index is 0.0859. The van der Waals surface area contributed by atoms with Crippen LogP contribution in [0.5, 0.6) is 0 Å². The van der Waals surface area contributed by atoms with Crippen molar-refractivity contribution in [1.29, 1.82) is 0 Å². The van der Waals surface area contributed by atoms with Crippen LogP contribution in [0.3, 0.4) is 0 Å². The molecule has 0 aromatic carbocycles. The first-order valence-electron chi connectivity index (χ1n) is 5.78. The molecule has 0 bridgehead atoms. The Morgan fingerprint density at radius 3 is 2.93 bits per heavy atom. The van der Waals surface area contributed by atoms with Gasteiger partial charge < -0.3 is 10.4 Å². The van der Waals surface area contributed by atoms with Crippen molar-refractivity contribution in [3.63, 3.8) is 0 Å². The second kappa shape index (κ2) is 4.86. The second-order valence-electron chi connectivity index (χ2n) is 4.76. The molecule has 0 aliphatic carbocycles. The fourth-order valence-electron chi connectivity index (χ4n) is 2.76. The number of thioether (sulfide) groups is 1. The molecule has 2 heterocycles. The highest BCUT2D eigenvalue weighted by molar-refractivity contribution is 7.99. The fourth-order valence-corrected chi connectivity index (χ4v) is 3.92. The van der Waals surface area contributed by atoms with Crippen molar-refractivity contribution in [2.24, 2.45) is 5.92 Å². The molecule has 0 aromatic heterocycles. The summed E-state index contributed by atoms with van der Waals surface area (Å²) in [5.74, 6) is 3.49. The van der Waals surface area contributed by atoms with E-state index >= 15 is 0 Å². The largest absolute Gasteiger partial charge is 0.394 e. The summed E-state index contributed by atoms with van der Waals surface area (Å²) in [5, 5.41) is 13.0. The maximum atomic E-state index is 9.48. The van der Waals surface area contributed by atoms with E-state index in [1.165, 1.54) is 43.6 Å². The predicted octanol–water partition coefficient (Wildman–Crippen LogP) is 1.63. The first-order valence-corrected chi connectivity index (χ1v) is 6.94. The molecule has 3 heteroatoms. The molecular weight excluding hydrogens is 194 g/mol. The lowest BCUT2D eigenvalue weighted by Crippen LogP contribution is -2.45. The zero-order valence-corrected chi connectivity index (χ0v) is 9.61. The van der Waals surface area contributed by atoms with Gasteiger partial charge in [-0.25, -0.2) is 0 Å². The van der Waals surface area contributed by atoms with E-state index < -0.39 is 0 Å². The number of hydrogen-bond acceptors (Lipinski definition) is 3. The third kappa shape index (κ3) is 2.44. The molecule has 2 saturated heterocycles. The normalized spacial score (nSPS) is 38.8. The van der Waals surface area contributed by atoms with E-state index in [9.17, 15) is 5.11 Å². The maximum absolute atomic E-state index is 9.48. The fraction of sp³-hybridized carbons (Fsp3) is 1.00. The van der Waals surface area contributed by atoms with E-state index in [4.69, 9.17) is 0 Å². The summed E-state index contributed by atoms with van der Waals surface area (Å²) in [6.45, 7) is 1.43. The molecule has 2 N–H and O–H groups in total. The minimum atomic E-state index is 0.0859. The molecule has 2 nitrogen and oxygen atoms in total. The summed E-state index contributed by atoms with van der Waals surface area (Å²) >= 11 is 2.09. The number of nitrogens with one attached hydrogen (secondary N) is 1. The van der Waals surface area contributed by atoms with Gasteiger partial charge >= 0.3 is 0 Å². The van der Waals surface area contributed by atoms with E-state index in [1.54, 1.807) is 0 Å². The number of aliphatic hydroxyl groups excluding tert-OH is 1. The van der Waals surface area contributed by atoms with Crippen LogP contribution < -0.4 is 5.32 Å². The zero-order valence-electron chi connectivity index (χ0n) is 8.80. The van der Waals surface area contributed by atoms with Gasteiger partial charge in [-0.1, -0.05) is 0 Å². The van der Waals surface area contributed by atoms with Crippen LogP contribution in [0.2, 0.25) is 0 Å². The Kier molecular flexibility index (Phi) is 3.74. The lowest BCUT2D eigenvalue weighted by Gasteiger charge is -2.33. The van der Waals surface area contributed by atoms with Crippen molar-refractivity contribution in [2.45, 2.75) is 37.6 Å². The molecule has 2 aliphatic heterocycles. The van der Waals surface area contributed by atoms with Gasteiger partial charge in [0.05, 0.1) is 6.61 Å². The number of aliphatic hydroxyl groups is 1. The Morgan fingerprint density at radius 2 is 2.36 bits per heavy atom. The predicted molar refractivity (Wildman–Crippen MR) is 61.7 cm³/mol. The van der Waals surface area contributed by atoms with Gasteiger partial charge in [0.2, 0.25) is 0 Å². The Bertz CT molecular complexity index is 174. The van der Waals surface area contributed by atoms with E-state index in [0.717, 1.165) is 12.5 Å². The first-order chi connectivity index (χ1) is 6.85. The molecule has 2 rings (SSSR count). The van der Waals surface area contributed by atoms with Crippen LogP contribution >= 0.6 is 11.8 Å². The van der Waals surface area contributed by atoms with E-state index in [0.29, 0.717) is 6.61 Å². The summed E-state index contributed by atoms with van der Waals surface area (Å²) in [5.41, 5.74) is 0.0859. The lowest BCUT2D eigenvalue weighted by atomic mass is 9.85. The molecule has 14 heavy (non-hydrogen) atoms. The molecule has 2 unspecified atom stereocenters. The minimum Gasteiger partial charge on any atom is -0.394 e. The molecule has 82 valence electrons. The SMILES string of the molecule is OCC1(CC2CCCSC2)CCCN1. The van der Waals surface area contributed by atoms with Crippen LogP contribution in [0, 0.1) is 5.92 Å². The van der Waals surface area contributed by atoms with E-state index in [2.05, 4.69) is 17.1 Å². The summed E-state index contributed by atoms with van der Waals surface area (Å²) < 4.78 is 0. The van der Waals surface area contributed by atoms with Crippen LogP contribution in [0.25, 0.3) is 0 Å². The summed E-state index contributed by atoms with van der Waals surface area (Å²) in [6.07, 6.45) is 6.34. The Labute approximate surface area is 90.8 Å². The van der Waals surface area contributed by atoms with Gasteiger partial charge in [0.15, 0.2) is 0 Å². The van der Waals surface area contributed by atoms with Crippen LogP contribution in [0.15, 0.2) is 0 Å². The van der Waals surface area contributed by atoms with Crippen molar-refractivity contribution in [3.8, 4) is 0 Å². The molecule has 0 radical (unpaired) electrons. The third-order valence-corrected chi connectivity index (χ3v) is 4.85. The third-order valence-electron chi connectivity index (χ3n) is 3.57. The average Bonchev–Trinajstić information content (AvgIpc) is 2.69. The van der Waals surface area contributed by atoms with E-state index in [-0.39, 0.29) is 5.54 Å². The standard InChI is InChI=1S/C11H21NOS/c13-9-11(4-2-5-12-11)7-10-3-1-6-14-8-10/h10,12-13H,1-9H2. The molecule has 2 aliphatic rings. The van der Waals surface area contributed by atoms with Gasteiger partial charge in [0, 0.05) is 5.54 Å². The van der Waals surface area contributed by atoms with Crippen molar-refractivity contribution >= 4 is 11.8 Å². The van der Waals surface area contributed by atoms with E-state index in [1.807, 2.05) is 0 Å². The van der Waals surface area contributed by atoms with Gasteiger partial charge in [0.25, 0.3) is 0 Å². The Morgan fingerprint density at radius 1 is 1.43 bits per heavy atom. The van der Waals surface area contributed by atoms with Crippen LogP contribution in [0.1, 0.15) is 32.1 Å². The van der Waals surface area contributed by atoms with Crippen molar-refractivity contribution in [3.05, 3.63) is 0 Å². The monoisotopic (exact) mass is 215 g/mol. The van der Waals surface area contributed by atoms with Crippen molar-refractivity contribution in [1.82, 2.24) is 5.32 Å². The Hall–Kier alpha value is 0.270.